The van der Waals surface area contributed by atoms with E-state index in [2.05, 4.69) is 166 Å². The van der Waals surface area contributed by atoms with E-state index in [0.29, 0.717) is 56.3 Å². The maximum absolute atomic E-state index is 16.6. The number of carbonyl (C=O) groups excluding carboxylic acids is 2. The molecule has 12 aliphatic rings. The summed E-state index contributed by atoms with van der Waals surface area (Å²) in [5.41, 5.74) is 3.12. The Morgan fingerprint density at radius 1 is 0.653 bits per heavy atom. The minimum Gasteiger partial charge on any atom is -0.462 e. The molecule has 2 aliphatic heterocycles. The third-order valence-corrected chi connectivity index (χ3v) is 30.5. The van der Waals surface area contributed by atoms with Gasteiger partial charge in [0.2, 0.25) is 0 Å². The molecule has 2 heterocycles. The molecule has 0 saturated heterocycles. The molecule has 0 radical (unpaired) electrons. The van der Waals surface area contributed by atoms with E-state index in [4.69, 9.17) is 9.47 Å². The molecule has 2 spiro atoms. The third kappa shape index (κ3) is 9.25. The number of esters is 2. The maximum Gasteiger partial charge on any atom is 0.331 e. The highest BCUT2D eigenvalue weighted by Crippen LogP contribution is 2.80. The van der Waals surface area contributed by atoms with Crippen LogP contribution >= 0.6 is 0 Å². The van der Waals surface area contributed by atoms with Crippen molar-refractivity contribution in [3.63, 3.8) is 0 Å². The van der Waals surface area contributed by atoms with Gasteiger partial charge in [0, 0.05) is 28.7 Å². The van der Waals surface area contributed by atoms with E-state index in [1.807, 2.05) is 0 Å². The zero-order valence-electron chi connectivity index (χ0n) is 57.1. The van der Waals surface area contributed by atoms with Crippen LogP contribution < -0.4 is 0 Å². The van der Waals surface area contributed by atoms with E-state index in [1.54, 1.807) is 22.8 Å². The highest BCUT2D eigenvalue weighted by molar-refractivity contribution is 5.93. The summed E-state index contributed by atoms with van der Waals surface area (Å²) in [5, 5.41) is 47.8. The first-order valence-electron chi connectivity index (χ1n) is 38.2. The smallest absolute Gasteiger partial charge is 0.331 e. The van der Waals surface area contributed by atoms with Crippen molar-refractivity contribution < 1.29 is 34.4 Å². The van der Waals surface area contributed by atoms with Gasteiger partial charge < -0.3 is 24.8 Å². The summed E-state index contributed by atoms with van der Waals surface area (Å²) in [6.07, 6.45) is 29.2. The Kier molecular flexibility index (Phi) is 15.5. The van der Waals surface area contributed by atoms with E-state index < -0.39 is 57.4 Å². The number of benzene rings is 5. The lowest BCUT2D eigenvalue weighted by molar-refractivity contribution is -0.367. The summed E-state index contributed by atoms with van der Waals surface area (Å²) >= 11 is 0. The first kappa shape index (κ1) is 62.7. The average Bonchev–Trinajstić information content (AvgIpc) is 0.672. The van der Waals surface area contributed by atoms with Crippen LogP contribution in [0.1, 0.15) is 239 Å². The Morgan fingerprint density at radius 3 is 2.16 bits per heavy atom. The molecule has 3 N–H and O–H groups in total. The van der Waals surface area contributed by atoms with Crippen molar-refractivity contribution >= 4 is 22.7 Å². The van der Waals surface area contributed by atoms with Gasteiger partial charge in [0.1, 0.15) is 18.3 Å². The fraction of sp³-hybridized carbons (Fsp3) is 0.591. The van der Waals surface area contributed by atoms with E-state index in [-0.39, 0.29) is 70.8 Å². The molecule has 0 unspecified atom stereocenters. The third-order valence-electron chi connectivity index (χ3n) is 30.5. The second-order valence-electron chi connectivity index (χ2n) is 34.4. The number of hydrogen-bond acceptors (Lipinski definition) is 7. The molecule has 5 aromatic rings. The first-order valence-corrected chi connectivity index (χ1v) is 38.2. The van der Waals surface area contributed by atoms with Crippen molar-refractivity contribution in [1.29, 1.82) is 0 Å². The molecule has 0 amide bonds. The molecule has 7 saturated carbocycles. The molecule has 498 valence electrons. The van der Waals surface area contributed by atoms with Gasteiger partial charge in [-0.25, -0.2) is 4.79 Å². The van der Waals surface area contributed by atoms with Gasteiger partial charge in [0.05, 0.1) is 29.0 Å². The average molecular weight is 1270 g/mol. The van der Waals surface area contributed by atoms with Gasteiger partial charge in [0.15, 0.2) is 0 Å². The largest absolute Gasteiger partial charge is 0.462 e. The van der Waals surface area contributed by atoms with Crippen LogP contribution in [0.25, 0.3) is 10.8 Å². The lowest BCUT2D eigenvalue weighted by Gasteiger charge is -2.76. The number of hydrogen-bond donors (Lipinski definition) is 3. The van der Waals surface area contributed by atoms with Crippen LogP contribution in [0.15, 0.2) is 145 Å². The fourth-order valence-corrected chi connectivity index (χ4v) is 26.4. The van der Waals surface area contributed by atoms with Crippen molar-refractivity contribution in [3.05, 3.63) is 179 Å². The number of fused-ring (bicyclic) bond motifs is 5. The molecule has 17 rings (SSSR count). The van der Waals surface area contributed by atoms with Crippen LogP contribution in [0.2, 0.25) is 0 Å². The molecule has 5 aromatic carbocycles. The van der Waals surface area contributed by atoms with Crippen molar-refractivity contribution in [2.75, 3.05) is 6.61 Å². The number of aliphatic hydroxyl groups excluding tert-OH is 1. The second kappa shape index (κ2) is 23.4. The van der Waals surface area contributed by atoms with E-state index in [1.165, 1.54) is 91.7 Å². The van der Waals surface area contributed by atoms with Crippen LogP contribution in [0.4, 0.5) is 0 Å². The monoisotopic (exact) mass is 1270 g/mol. The Morgan fingerprint density at radius 2 is 1.39 bits per heavy atom. The van der Waals surface area contributed by atoms with Crippen molar-refractivity contribution in [2.45, 2.75) is 246 Å². The number of ether oxygens (including phenoxy) is 2. The molecule has 20 atom stereocenters. The summed E-state index contributed by atoms with van der Waals surface area (Å²) in [6.45, 7) is 7.10. The quantitative estimate of drug-likeness (QED) is 0.0611. The highest BCUT2D eigenvalue weighted by atomic mass is 16.5. The van der Waals surface area contributed by atoms with Crippen LogP contribution in [-0.4, -0.2) is 57.3 Å². The molecule has 0 aromatic heterocycles. The van der Waals surface area contributed by atoms with Gasteiger partial charge in [-0.2, -0.15) is 0 Å². The first-order chi connectivity index (χ1) is 46.1. The second-order valence-corrected chi connectivity index (χ2v) is 34.4. The predicted molar refractivity (Wildman–Crippen MR) is 375 cm³/mol. The van der Waals surface area contributed by atoms with Gasteiger partial charge >= 0.3 is 11.9 Å². The highest BCUT2D eigenvalue weighted by Gasteiger charge is 2.83. The molecular formula is C88H104O7. The van der Waals surface area contributed by atoms with E-state index in [0.717, 1.165) is 69.8 Å². The molecule has 7 heteroatoms. The molecule has 7 nitrogen and oxygen atoms in total. The van der Waals surface area contributed by atoms with Crippen LogP contribution in [0.5, 0.6) is 0 Å². The van der Waals surface area contributed by atoms with Gasteiger partial charge in [-0.05, 0) is 242 Å². The Balaban J connectivity index is 0.819. The van der Waals surface area contributed by atoms with Crippen LogP contribution in [-0.2, 0) is 36.3 Å². The summed E-state index contributed by atoms with van der Waals surface area (Å²) in [4.78, 5) is 29.5. The predicted octanol–water partition coefficient (Wildman–Crippen LogP) is 18.2. The van der Waals surface area contributed by atoms with E-state index in [9.17, 15) is 9.90 Å². The van der Waals surface area contributed by atoms with E-state index >= 15 is 15.0 Å². The van der Waals surface area contributed by atoms with Gasteiger partial charge in [-0.1, -0.05) is 205 Å². The van der Waals surface area contributed by atoms with Crippen molar-refractivity contribution in [2.24, 2.45) is 69.0 Å². The SMILES string of the molecule is C[C@H](CCCc1ccccc1)C[C@@H]1C#C[C@H]2CC[C@H](C3(c4ccccc4)CCCCC3)C[C@H]2C(=O)O[C@@H]2C[C@]3(C)C=C[C@@]1(O)[C@@]1([C@H](O)CC[C@@](C)([C@@H]4CC[C@]56CC[C@@H]7C[C@]8(c9ccccc9)CCCC[C@@H]8c8ccc9cccc(c9c8[C@@H]75)[C@@H]6C4)[C@H]21)[C@@]3(O)CCC1=CC(=O)OC1. The lowest BCUT2D eigenvalue weighted by Crippen LogP contribution is -2.84. The fourth-order valence-electron chi connectivity index (χ4n) is 26.4. The Hall–Kier alpha value is -5.78. The molecule has 7 fully saturated rings. The van der Waals surface area contributed by atoms with Gasteiger partial charge in [0.25, 0.3) is 0 Å². The normalized spacial score (nSPS) is 41.3. The number of rotatable bonds is 13. The number of aliphatic hydroxyl groups is 3. The minimum absolute atomic E-state index is 0.0395. The summed E-state index contributed by atoms with van der Waals surface area (Å²) in [6, 6.07) is 46.1. The standard InChI is InChI=1S/C88H104O7/c1-57(20-18-23-58-21-8-4-9-22-58)50-67-35-32-60-31-34-66(83(41-15-7-16-42-83)63-25-10-5-11-26-63)52-70(60)80(91)95-73-55-81(2)48-49-86(67,92)88(87(81,93)47-37-59-51-75(90)94-56-59)74(89)40-44-82(3,79(73)88)65-39-46-84-45-38-62-54-85(64-27-12-6-13-28-64)43-17-14-30-71(85)69-36-33-61-24-19-29-68(72(84)53-65)76(61)77(69)78(62)84/h4-6,8-13,19,21-22,24-29,33,36,48-49,51,57,60,62,65-67,70-74,78-79,89,92-93H,7,14-18,20,23,30-31,34,37-47,50,52-56H2,1-3H3/t57-,60-,62-,65-,66+,67+,70-,71-,72+,73-,74-,78-,79+,81+,82+,84+,85+,86+,87-,88+/m1/s1. The number of cyclic esters (lactones) is 1. The summed E-state index contributed by atoms with van der Waals surface area (Å²) < 4.78 is 13.3. The van der Waals surface area contributed by atoms with Crippen LogP contribution in [0.3, 0.4) is 0 Å². The zero-order valence-corrected chi connectivity index (χ0v) is 57.1. The van der Waals surface area contributed by atoms with Crippen LogP contribution in [0, 0.1) is 80.8 Å². The summed E-state index contributed by atoms with van der Waals surface area (Å²) in [7, 11) is 0. The van der Waals surface area contributed by atoms with Gasteiger partial charge in [-0.15, -0.1) is 0 Å². The molecule has 10 aliphatic carbocycles. The minimum atomic E-state index is -1.86. The zero-order chi connectivity index (χ0) is 64.7. The molecular weight excluding hydrogens is 1170 g/mol. The maximum atomic E-state index is 16.6. The Labute approximate surface area is 566 Å². The lowest BCUT2D eigenvalue weighted by atomic mass is 9.30. The molecule has 3 bridgehead atoms. The van der Waals surface area contributed by atoms with Gasteiger partial charge in [-0.3, -0.25) is 4.79 Å². The Bertz CT molecular complexity index is 3890. The number of aryl methyl sites for hydroxylation is 1. The molecule has 95 heavy (non-hydrogen) atoms. The van der Waals surface area contributed by atoms with Crippen molar-refractivity contribution in [3.8, 4) is 11.8 Å². The topological polar surface area (TPSA) is 113 Å². The number of carbonyl (C=O) groups is 2. The van der Waals surface area contributed by atoms with Crippen molar-refractivity contribution in [1.82, 2.24) is 0 Å². The summed E-state index contributed by atoms with van der Waals surface area (Å²) in [5.74, 6) is 7.54.